The monoisotopic (exact) mass is 381 g/mol. The lowest BCUT2D eigenvalue weighted by molar-refractivity contribution is 0.0957. The SMILES string of the molecule is [C-]#[N+]CNC(=O)c1ccc(Nc2nc(CC)nc(N3CCN(C)CC3)n2)nc1. The van der Waals surface area contributed by atoms with Crippen LogP contribution in [0.25, 0.3) is 4.85 Å². The first kappa shape index (κ1) is 19.4. The minimum absolute atomic E-state index is 0.0570. The Morgan fingerprint density at radius 1 is 1.21 bits per heavy atom. The van der Waals surface area contributed by atoms with Gasteiger partial charge in [0.05, 0.1) is 5.56 Å². The molecule has 1 fully saturated rings. The molecule has 10 heteroatoms. The van der Waals surface area contributed by atoms with Crippen molar-refractivity contribution in [3.8, 4) is 0 Å². The summed E-state index contributed by atoms with van der Waals surface area (Å²) in [5.74, 6) is 2.00. The molecule has 2 N–H and O–H groups in total. The molecule has 0 aromatic carbocycles. The van der Waals surface area contributed by atoms with Crippen LogP contribution >= 0.6 is 0 Å². The smallest absolute Gasteiger partial charge is 0.289 e. The fourth-order valence-electron chi connectivity index (χ4n) is 2.70. The maximum absolute atomic E-state index is 11.8. The molecule has 0 unspecified atom stereocenters. The third-order valence-electron chi connectivity index (χ3n) is 4.36. The van der Waals surface area contributed by atoms with E-state index in [2.05, 4.69) is 52.3 Å². The van der Waals surface area contributed by atoms with Crippen molar-refractivity contribution in [2.45, 2.75) is 13.3 Å². The Labute approximate surface area is 163 Å². The molecule has 0 saturated carbocycles. The van der Waals surface area contributed by atoms with Crippen molar-refractivity contribution < 1.29 is 4.79 Å². The van der Waals surface area contributed by atoms with Gasteiger partial charge in [0.15, 0.2) is 0 Å². The number of amides is 1. The Morgan fingerprint density at radius 3 is 2.64 bits per heavy atom. The van der Waals surface area contributed by atoms with E-state index in [9.17, 15) is 4.79 Å². The molecule has 0 atom stereocenters. The second-order valence-corrected chi connectivity index (χ2v) is 6.40. The van der Waals surface area contributed by atoms with Gasteiger partial charge < -0.3 is 15.1 Å². The van der Waals surface area contributed by atoms with Gasteiger partial charge >= 0.3 is 0 Å². The van der Waals surface area contributed by atoms with Crippen LogP contribution in [-0.4, -0.2) is 70.6 Å². The van der Waals surface area contributed by atoms with Crippen molar-refractivity contribution in [2.24, 2.45) is 0 Å². The summed E-state index contributed by atoms with van der Waals surface area (Å²) in [4.78, 5) is 37.1. The van der Waals surface area contributed by atoms with Crippen molar-refractivity contribution in [2.75, 3.05) is 50.1 Å². The molecule has 3 rings (SSSR count). The van der Waals surface area contributed by atoms with Crippen LogP contribution in [0.5, 0.6) is 0 Å². The third-order valence-corrected chi connectivity index (χ3v) is 4.36. The first-order valence-corrected chi connectivity index (χ1v) is 9.12. The molecule has 2 aromatic rings. The standard InChI is InChI=1S/C18H23N9O/c1-4-14-22-17(25-18(24-14)27-9-7-26(3)8-10-27)23-15-6-5-13(11-20-15)16(28)21-12-19-2/h5-6,11H,4,7-10,12H2,1,3H3,(H,21,28)(H,20,22,23,24,25). The number of aromatic nitrogens is 4. The number of anilines is 3. The van der Waals surface area contributed by atoms with Gasteiger partial charge in [-0.05, 0) is 19.2 Å². The Hall–Kier alpha value is -3.32. The number of carbonyl (C=O) groups excluding carboxylic acids is 1. The zero-order valence-electron chi connectivity index (χ0n) is 16.0. The molecule has 0 aliphatic carbocycles. The maximum atomic E-state index is 11.8. The molecule has 2 aromatic heterocycles. The highest BCUT2D eigenvalue weighted by Crippen LogP contribution is 2.16. The van der Waals surface area contributed by atoms with E-state index in [0.29, 0.717) is 35.5 Å². The minimum Gasteiger partial charge on any atom is -0.338 e. The molecule has 10 nitrogen and oxygen atoms in total. The van der Waals surface area contributed by atoms with E-state index in [1.54, 1.807) is 12.1 Å². The number of hydrogen-bond donors (Lipinski definition) is 2. The normalized spacial score (nSPS) is 14.4. The van der Waals surface area contributed by atoms with Crippen molar-refractivity contribution >= 4 is 23.6 Å². The summed E-state index contributed by atoms with van der Waals surface area (Å²) in [6.45, 7) is 12.3. The van der Waals surface area contributed by atoms with Gasteiger partial charge in [-0.15, -0.1) is 0 Å². The van der Waals surface area contributed by atoms with E-state index in [4.69, 9.17) is 6.57 Å². The van der Waals surface area contributed by atoms with Crippen LogP contribution in [-0.2, 0) is 6.42 Å². The van der Waals surface area contributed by atoms with Crippen LogP contribution < -0.4 is 15.5 Å². The van der Waals surface area contributed by atoms with E-state index in [0.717, 1.165) is 26.2 Å². The van der Waals surface area contributed by atoms with Crippen molar-refractivity contribution in [1.29, 1.82) is 0 Å². The Kier molecular flexibility index (Phi) is 6.29. The van der Waals surface area contributed by atoms with Crippen LogP contribution in [0.2, 0.25) is 0 Å². The summed E-state index contributed by atoms with van der Waals surface area (Å²) >= 11 is 0. The molecular formula is C18H23N9O. The van der Waals surface area contributed by atoms with Crippen molar-refractivity contribution in [1.82, 2.24) is 30.2 Å². The Morgan fingerprint density at radius 2 is 2.00 bits per heavy atom. The number of carbonyl (C=O) groups is 1. The average molecular weight is 381 g/mol. The Balaban J connectivity index is 1.73. The molecule has 1 amide bonds. The quantitative estimate of drug-likeness (QED) is 0.713. The fourth-order valence-corrected chi connectivity index (χ4v) is 2.70. The first-order valence-electron chi connectivity index (χ1n) is 9.12. The van der Waals surface area contributed by atoms with Gasteiger partial charge in [0.25, 0.3) is 12.6 Å². The lowest BCUT2D eigenvalue weighted by Crippen LogP contribution is -2.45. The van der Waals surface area contributed by atoms with Crippen molar-refractivity contribution in [3.05, 3.63) is 41.1 Å². The molecule has 1 saturated heterocycles. The number of nitrogens with one attached hydrogen (secondary N) is 2. The third kappa shape index (κ3) is 4.89. The van der Waals surface area contributed by atoms with E-state index >= 15 is 0 Å². The number of likely N-dealkylation sites (N-methyl/N-ethyl adjacent to an activating group) is 1. The maximum Gasteiger partial charge on any atom is 0.289 e. The molecule has 28 heavy (non-hydrogen) atoms. The van der Waals surface area contributed by atoms with Crippen LogP contribution in [0, 0.1) is 6.57 Å². The van der Waals surface area contributed by atoms with Crippen molar-refractivity contribution in [3.63, 3.8) is 0 Å². The van der Waals surface area contributed by atoms with E-state index in [1.165, 1.54) is 6.20 Å². The topological polar surface area (TPSA) is 104 Å². The molecule has 0 bridgehead atoms. The fraction of sp³-hybridized carbons (Fsp3) is 0.444. The largest absolute Gasteiger partial charge is 0.338 e. The first-order chi connectivity index (χ1) is 13.6. The predicted octanol–water partition coefficient (Wildman–Crippen LogP) is 0.931. The molecule has 1 aliphatic heterocycles. The molecule has 3 heterocycles. The second-order valence-electron chi connectivity index (χ2n) is 6.40. The summed E-state index contributed by atoms with van der Waals surface area (Å²) in [7, 11) is 2.10. The van der Waals surface area contributed by atoms with Gasteiger partial charge in [-0.2, -0.15) is 15.0 Å². The zero-order chi connectivity index (χ0) is 19.9. The summed E-state index contributed by atoms with van der Waals surface area (Å²) < 4.78 is 0. The number of nitrogens with zero attached hydrogens (tertiary/aromatic N) is 7. The molecule has 1 aliphatic rings. The average Bonchev–Trinajstić information content (AvgIpc) is 2.72. The molecule has 146 valence electrons. The molecular weight excluding hydrogens is 358 g/mol. The predicted molar refractivity (Wildman–Crippen MR) is 105 cm³/mol. The summed E-state index contributed by atoms with van der Waals surface area (Å²) in [6, 6.07) is 3.32. The molecule has 0 spiro atoms. The van der Waals surface area contributed by atoms with Crippen LogP contribution in [0.15, 0.2) is 18.3 Å². The van der Waals surface area contributed by atoms with E-state index in [-0.39, 0.29) is 12.6 Å². The van der Waals surface area contributed by atoms with Gasteiger partial charge in [-0.25, -0.2) is 11.6 Å². The van der Waals surface area contributed by atoms with Gasteiger partial charge in [-0.3, -0.25) is 15.0 Å². The van der Waals surface area contributed by atoms with E-state index in [1.807, 2.05) is 6.92 Å². The van der Waals surface area contributed by atoms with Crippen LogP contribution in [0.4, 0.5) is 17.7 Å². The Bertz CT molecular complexity index is 854. The lowest BCUT2D eigenvalue weighted by Gasteiger charge is -2.32. The number of aryl methyl sites for hydroxylation is 1. The van der Waals surface area contributed by atoms with E-state index < -0.39 is 0 Å². The highest BCUT2D eigenvalue weighted by Gasteiger charge is 2.18. The van der Waals surface area contributed by atoms with Crippen LogP contribution in [0.3, 0.4) is 0 Å². The number of rotatable bonds is 6. The molecule has 0 radical (unpaired) electrons. The zero-order valence-corrected chi connectivity index (χ0v) is 16.0. The summed E-state index contributed by atoms with van der Waals surface area (Å²) in [6.07, 6.45) is 2.15. The highest BCUT2D eigenvalue weighted by atomic mass is 16.1. The van der Waals surface area contributed by atoms with Gasteiger partial charge in [-0.1, -0.05) is 6.92 Å². The van der Waals surface area contributed by atoms with Crippen LogP contribution in [0.1, 0.15) is 23.1 Å². The number of hydrogen-bond acceptors (Lipinski definition) is 8. The van der Waals surface area contributed by atoms with Gasteiger partial charge in [0, 0.05) is 38.8 Å². The summed E-state index contributed by atoms with van der Waals surface area (Å²) in [5, 5.41) is 5.57. The number of pyridine rings is 1. The second kappa shape index (κ2) is 9.05. The van der Waals surface area contributed by atoms with Gasteiger partial charge in [0.2, 0.25) is 11.9 Å². The lowest BCUT2D eigenvalue weighted by atomic mass is 10.2. The van der Waals surface area contributed by atoms with Gasteiger partial charge in [0.1, 0.15) is 11.6 Å². The minimum atomic E-state index is -0.333. The highest BCUT2D eigenvalue weighted by molar-refractivity contribution is 5.94. The summed E-state index contributed by atoms with van der Waals surface area (Å²) in [5.41, 5.74) is 0.386. The number of piperazine rings is 1.